The standard InChI is InChI=1S/C16H35O3P.C7H9N.C3H6O/c1-5-9-11-15(7-3)13-18-20(17)19-14-16(8-4)12-10-6-2;8-6-7-4-2-1-3-5-7;1-3(2)4/h15-17H,5-14H2,1-4H3;1-5H,6,8H2;1-2H3. The Labute approximate surface area is 199 Å². The summed E-state index contributed by atoms with van der Waals surface area (Å²) in [6, 6.07) is 9.99. The smallest absolute Gasteiger partial charge is 0.328 e. The zero-order chi connectivity index (χ0) is 24.6. The number of rotatable bonds is 15. The molecule has 3 N–H and O–H groups in total. The maximum atomic E-state index is 9.81. The summed E-state index contributed by atoms with van der Waals surface area (Å²) in [5.74, 6) is 1.27. The van der Waals surface area contributed by atoms with Crippen molar-refractivity contribution in [2.24, 2.45) is 17.6 Å². The van der Waals surface area contributed by atoms with Crippen molar-refractivity contribution in [2.45, 2.75) is 99.5 Å². The first-order chi connectivity index (χ1) is 15.3. The predicted molar refractivity (Wildman–Crippen MR) is 138 cm³/mol. The van der Waals surface area contributed by atoms with Gasteiger partial charge in [0.15, 0.2) is 0 Å². The number of hydrogen-bond donors (Lipinski definition) is 2. The SMILES string of the molecule is CC(C)=O.CCCCC(CC)COP(O)OCC(CC)CCCC.NCc1ccccc1. The Bertz CT molecular complexity index is 492. The van der Waals surface area contributed by atoms with Gasteiger partial charge in [0.1, 0.15) is 5.78 Å². The van der Waals surface area contributed by atoms with Gasteiger partial charge in [0.25, 0.3) is 0 Å². The van der Waals surface area contributed by atoms with Gasteiger partial charge in [-0.05, 0) is 44.1 Å². The van der Waals surface area contributed by atoms with E-state index in [9.17, 15) is 9.69 Å². The van der Waals surface area contributed by atoms with Crippen molar-refractivity contribution in [2.75, 3.05) is 13.2 Å². The minimum absolute atomic E-state index is 0.167. The first kappa shape index (κ1) is 33.3. The molecule has 1 aromatic carbocycles. The third-order valence-electron chi connectivity index (χ3n) is 5.01. The molecule has 0 aliphatic rings. The van der Waals surface area contributed by atoms with Gasteiger partial charge in [-0.25, -0.2) is 0 Å². The molecule has 6 heteroatoms. The molecule has 0 heterocycles. The molecular formula is C26H50NO4P. The fourth-order valence-corrected chi connectivity index (χ4v) is 3.54. The lowest BCUT2D eigenvalue weighted by Gasteiger charge is -2.19. The largest absolute Gasteiger partial charge is 0.329 e. The molecule has 0 radical (unpaired) electrons. The van der Waals surface area contributed by atoms with Crippen LogP contribution < -0.4 is 5.73 Å². The Hall–Kier alpha value is -0.840. The summed E-state index contributed by atoms with van der Waals surface area (Å²) in [4.78, 5) is 19.3. The Morgan fingerprint density at radius 1 is 0.906 bits per heavy atom. The zero-order valence-corrected chi connectivity index (χ0v) is 22.4. The van der Waals surface area contributed by atoms with Crippen molar-refractivity contribution in [3.05, 3.63) is 35.9 Å². The van der Waals surface area contributed by atoms with Crippen molar-refractivity contribution < 1.29 is 18.7 Å². The lowest BCUT2D eigenvalue weighted by atomic mass is 10.0. The second kappa shape index (κ2) is 24.8. The fourth-order valence-electron chi connectivity index (χ4n) is 2.79. The van der Waals surface area contributed by atoms with Crippen LogP contribution in [0.2, 0.25) is 0 Å². The van der Waals surface area contributed by atoms with Crippen molar-refractivity contribution >= 4 is 14.4 Å². The summed E-state index contributed by atoms with van der Waals surface area (Å²) in [7, 11) is -1.69. The van der Waals surface area contributed by atoms with E-state index < -0.39 is 8.60 Å². The molecule has 0 aliphatic carbocycles. The summed E-state index contributed by atoms with van der Waals surface area (Å²) in [6.45, 7) is 13.7. The number of benzene rings is 1. The highest BCUT2D eigenvalue weighted by atomic mass is 31.2. The van der Waals surface area contributed by atoms with Gasteiger partial charge in [0.2, 0.25) is 0 Å². The van der Waals surface area contributed by atoms with Crippen LogP contribution in [0.25, 0.3) is 0 Å². The number of hydrogen-bond acceptors (Lipinski definition) is 5. The van der Waals surface area contributed by atoms with Gasteiger partial charge < -0.3 is 24.5 Å². The highest BCUT2D eigenvalue weighted by Gasteiger charge is 2.14. The van der Waals surface area contributed by atoms with Crippen LogP contribution in [0, 0.1) is 11.8 Å². The highest BCUT2D eigenvalue weighted by molar-refractivity contribution is 7.40. The molecule has 0 aromatic heterocycles. The fraction of sp³-hybridized carbons (Fsp3) is 0.731. The van der Waals surface area contributed by atoms with Crippen LogP contribution in [-0.4, -0.2) is 23.9 Å². The van der Waals surface area contributed by atoms with Gasteiger partial charge >= 0.3 is 8.60 Å². The quantitative estimate of drug-likeness (QED) is 0.260. The molecule has 0 saturated carbocycles. The van der Waals surface area contributed by atoms with E-state index in [1.165, 1.54) is 57.9 Å². The molecule has 0 saturated heterocycles. The third kappa shape index (κ3) is 23.8. The molecule has 0 spiro atoms. The number of carbonyl (C=O) groups excluding carboxylic acids is 1. The minimum Gasteiger partial charge on any atom is -0.328 e. The number of carbonyl (C=O) groups is 1. The van der Waals surface area contributed by atoms with Crippen molar-refractivity contribution in [3.63, 3.8) is 0 Å². The molecule has 2 unspecified atom stereocenters. The van der Waals surface area contributed by atoms with Crippen LogP contribution in [-0.2, 0) is 20.4 Å². The number of Topliss-reactive ketones (excluding diaryl/α,β-unsaturated/α-hetero) is 1. The second-order valence-corrected chi connectivity index (χ2v) is 9.25. The molecule has 2 atom stereocenters. The van der Waals surface area contributed by atoms with Gasteiger partial charge in [-0.15, -0.1) is 0 Å². The van der Waals surface area contributed by atoms with E-state index in [-0.39, 0.29) is 5.78 Å². The van der Waals surface area contributed by atoms with E-state index in [1.807, 2.05) is 30.3 Å². The monoisotopic (exact) mass is 471 g/mol. The van der Waals surface area contributed by atoms with E-state index in [1.54, 1.807) is 0 Å². The van der Waals surface area contributed by atoms with E-state index in [4.69, 9.17) is 14.8 Å². The van der Waals surface area contributed by atoms with E-state index in [0.29, 0.717) is 31.6 Å². The zero-order valence-electron chi connectivity index (χ0n) is 21.5. The van der Waals surface area contributed by atoms with E-state index >= 15 is 0 Å². The maximum absolute atomic E-state index is 9.81. The van der Waals surface area contributed by atoms with Crippen LogP contribution >= 0.6 is 8.60 Å². The first-order valence-electron chi connectivity index (χ1n) is 12.3. The van der Waals surface area contributed by atoms with Crippen LogP contribution in [0.5, 0.6) is 0 Å². The van der Waals surface area contributed by atoms with Gasteiger partial charge in [-0.2, -0.15) is 0 Å². The van der Waals surface area contributed by atoms with Gasteiger partial charge in [-0.3, -0.25) is 0 Å². The van der Waals surface area contributed by atoms with Gasteiger partial charge in [0.05, 0.1) is 13.2 Å². The maximum Gasteiger partial charge on any atom is 0.329 e. The molecule has 0 amide bonds. The van der Waals surface area contributed by atoms with Crippen LogP contribution in [0.4, 0.5) is 0 Å². The van der Waals surface area contributed by atoms with Crippen LogP contribution in [0.3, 0.4) is 0 Å². The number of unbranched alkanes of at least 4 members (excludes halogenated alkanes) is 2. The predicted octanol–water partition coefficient (Wildman–Crippen LogP) is 7.41. The van der Waals surface area contributed by atoms with E-state index in [0.717, 1.165) is 12.8 Å². The summed E-state index contributed by atoms with van der Waals surface area (Å²) in [5, 5.41) is 0. The molecule has 0 fully saturated rings. The minimum atomic E-state index is -1.69. The van der Waals surface area contributed by atoms with E-state index in [2.05, 4.69) is 27.7 Å². The van der Waals surface area contributed by atoms with Crippen molar-refractivity contribution in [3.8, 4) is 0 Å². The Balaban J connectivity index is 0. The van der Waals surface area contributed by atoms with Gasteiger partial charge in [-0.1, -0.05) is 96.6 Å². The Kier molecular flexibility index (Phi) is 25.8. The lowest BCUT2D eigenvalue weighted by Crippen LogP contribution is -2.10. The topological polar surface area (TPSA) is 81.8 Å². The molecule has 5 nitrogen and oxygen atoms in total. The summed E-state index contributed by atoms with van der Waals surface area (Å²) in [5.41, 5.74) is 6.54. The average molecular weight is 472 g/mol. The molecule has 1 aromatic rings. The van der Waals surface area contributed by atoms with Crippen LogP contribution in [0.1, 0.15) is 98.5 Å². The number of ketones is 1. The van der Waals surface area contributed by atoms with Crippen molar-refractivity contribution in [1.29, 1.82) is 0 Å². The number of nitrogens with two attached hydrogens (primary N) is 1. The molecule has 0 aliphatic heterocycles. The normalized spacial score (nSPS) is 13.1. The van der Waals surface area contributed by atoms with Crippen LogP contribution in [0.15, 0.2) is 30.3 Å². The third-order valence-corrected chi connectivity index (χ3v) is 5.75. The first-order valence-corrected chi connectivity index (χ1v) is 13.4. The van der Waals surface area contributed by atoms with Crippen molar-refractivity contribution in [1.82, 2.24) is 0 Å². The molecule has 0 bridgehead atoms. The molecule has 32 heavy (non-hydrogen) atoms. The highest BCUT2D eigenvalue weighted by Crippen LogP contribution is 2.35. The average Bonchev–Trinajstić information content (AvgIpc) is 2.80. The second-order valence-electron chi connectivity index (χ2n) is 8.26. The summed E-state index contributed by atoms with van der Waals surface area (Å²) >= 11 is 0. The lowest BCUT2D eigenvalue weighted by molar-refractivity contribution is -0.115. The van der Waals surface area contributed by atoms with Gasteiger partial charge in [0, 0.05) is 6.54 Å². The Morgan fingerprint density at radius 2 is 1.31 bits per heavy atom. The summed E-state index contributed by atoms with van der Waals surface area (Å²) < 4.78 is 11.0. The Morgan fingerprint density at radius 3 is 1.59 bits per heavy atom. The summed E-state index contributed by atoms with van der Waals surface area (Å²) in [6.07, 6.45) is 9.50. The molecule has 188 valence electrons. The molecule has 1 rings (SSSR count). The molecular weight excluding hydrogens is 421 g/mol.